The molecule has 0 saturated carbocycles. The number of amides is 1. The minimum atomic E-state index is -0.488. The van der Waals surface area contributed by atoms with Crippen LogP contribution in [0, 0.1) is 0 Å². The Hall–Kier alpha value is -2.05. The zero-order valence-corrected chi connectivity index (χ0v) is 14.0. The molecule has 3 N–H and O–H groups in total. The molecule has 1 amide bonds. The number of rotatable bonds is 6. The largest absolute Gasteiger partial charge is 0.481 e. The highest BCUT2D eigenvalue weighted by molar-refractivity contribution is 5.67. The van der Waals surface area contributed by atoms with Crippen LogP contribution in [-0.2, 0) is 11.2 Å². The van der Waals surface area contributed by atoms with Crippen LogP contribution in [0.4, 0.5) is 10.7 Å². The molecule has 1 aromatic rings. The van der Waals surface area contributed by atoms with Gasteiger partial charge in [0.2, 0.25) is 11.8 Å². The number of carbonyl (C=O) groups is 1. The number of nitrogens with two attached hydrogens (primary N) is 1. The van der Waals surface area contributed by atoms with Gasteiger partial charge < -0.3 is 20.5 Å². The van der Waals surface area contributed by atoms with Gasteiger partial charge in [0, 0.05) is 17.8 Å². The van der Waals surface area contributed by atoms with E-state index < -0.39 is 11.7 Å². The number of methoxy groups -OCH3 is 1. The Morgan fingerprint density at radius 2 is 2.14 bits per heavy atom. The first-order chi connectivity index (χ1) is 10.2. The van der Waals surface area contributed by atoms with E-state index >= 15 is 0 Å². The molecule has 0 spiro atoms. The smallest absolute Gasteiger partial charge is 0.407 e. The van der Waals surface area contributed by atoms with E-state index in [2.05, 4.69) is 15.3 Å². The highest BCUT2D eigenvalue weighted by Crippen LogP contribution is 2.17. The highest BCUT2D eigenvalue weighted by atomic mass is 16.6. The summed E-state index contributed by atoms with van der Waals surface area (Å²) in [5, 5.41) is 2.82. The second-order valence-corrected chi connectivity index (χ2v) is 6.20. The van der Waals surface area contributed by atoms with Crippen molar-refractivity contribution in [3.05, 3.63) is 11.8 Å². The van der Waals surface area contributed by atoms with E-state index in [9.17, 15) is 4.79 Å². The van der Waals surface area contributed by atoms with Crippen molar-refractivity contribution in [2.45, 2.75) is 58.6 Å². The van der Waals surface area contributed by atoms with Crippen molar-refractivity contribution >= 4 is 12.0 Å². The first-order valence-electron chi connectivity index (χ1n) is 7.36. The summed E-state index contributed by atoms with van der Waals surface area (Å²) in [6.45, 7) is 7.46. The van der Waals surface area contributed by atoms with Crippen LogP contribution in [0.25, 0.3) is 0 Å². The van der Waals surface area contributed by atoms with Gasteiger partial charge >= 0.3 is 6.09 Å². The van der Waals surface area contributed by atoms with Gasteiger partial charge in [0.15, 0.2) is 0 Å². The van der Waals surface area contributed by atoms with Gasteiger partial charge in [-0.2, -0.15) is 4.98 Å². The molecule has 22 heavy (non-hydrogen) atoms. The summed E-state index contributed by atoms with van der Waals surface area (Å²) in [7, 11) is 1.55. The van der Waals surface area contributed by atoms with Crippen LogP contribution in [-0.4, -0.2) is 34.8 Å². The minimum Gasteiger partial charge on any atom is -0.481 e. The third-order valence-electron chi connectivity index (χ3n) is 2.88. The van der Waals surface area contributed by atoms with Gasteiger partial charge in [-0.1, -0.05) is 0 Å². The molecular weight excluding hydrogens is 284 g/mol. The number of alkyl carbamates (subject to hydrolysis) is 1. The van der Waals surface area contributed by atoms with Gasteiger partial charge in [-0.15, -0.1) is 0 Å². The Balaban J connectivity index is 2.39. The fraction of sp³-hybridized carbons (Fsp3) is 0.667. The SMILES string of the molecule is COc1nc(N)ncc1CCC[C@H](C)NC(=O)OC(C)(C)C. The Labute approximate surface area is 131 Å². The van der Waals surface area contributed by atoms with Crippen LogP contribution in [0.2, 0.25) is 0 Å². The molecule has 0 aliphatic rings. The first kappa shape index (κ1) is 18.0. The number of aryl methyl sites for hydroxylation is 1. The maximum absolute atomic E-state index is 11.7. The summed E-state index contributed by atoms with van der Waals surface area (Å²) in [5.74, 6) is 0.695. The summed E-state index contributed by atoms with van der Waals surface area (Å²) in [6.07, 6.45) is 3.71. The van der Waals surface area contributed by atoms with E-state index in [0.29, 0.717) is 5.88 Å². The zero-order chi connectivity index (χ0) is 16.8. The molecule has 7 nitrogen and oxygen atoms in total. The fourth-order valence-electron chi connectivity index (χ4n) is 1.93. The summed E-state index contributed by atoms with van der Waals surface area (Å²) in [6, 6.07) is 0.0237. The van der Waals surface area contributed by atoms with Crippen molar-refractivity contribution in [2.24, 2.45) is 0 Å². The van der Waals surface area contributed by atoms with E-state index in [1.54, 1.807) is 13.3 Å². The maximum atomic E-state index is 11.7. The number of ether oxygens (including phenoxy) is 2. The van der Waals surface area contributed by atoms with Crippen molar-refractivity contribution in [2.75, 3.05) is 12.8 Å². The molecule has 0 saturated heterocycles. The van der Waals surface area contributed by atoms with Crippen molar-refractivity contribution in [3.8, 4) is 5.88 Å². The summed E-state index contributed by atoms with van der Waals surface area (Å²) in [4.78, 5) is 19.7. The molecule has 1 heterocycles. The molecule has 124 valence electrons. The maximum Gasteiger partial charge on any atom is 0.407 e. The normalized spacial score (nSPS) is 12.6. The lowest BCUT2D eigenvalue weighted by Crippen LogP contribution is -2.37. The molecule has 0 aliphatic heterocycles. The van der Waals surface area contributed by atoms with Crippen LogP contribution in [0.1, 0.15) is 46.1 Å². The number of carbonyl (C=O) groups excluding carboxylic acids is 1. The Morgan fingerprint density at radius 1 is 1.45 bits per heavy atom. The molecule has 7 heteroatoms. The first-order valence-corrected chi connectivity index (χ1v) is 7.36. The van der Waals surface area contributed by atoms with Gasteiger partial charge in [0.05, 0.1) is 7.11 Å². The standard InChI is InChI=1S/C15H26N4O3/c1-10(18-14(20)22-15(2,3)4)7-6-8-11-9-17-13(16)19-12(11)21-5/h9-10H,6-8H2,1-5H3,(H,18,20)(H2,16,17,19)/t10-/m0/s1. The predicted molar refractivity (Wildman–Crippen MR) is 84.8 cm³/mol. The molecule has 1 atom stereocenters. The van der Waals surface area contributed by atoms with Crippen molar-refractivity contribution in [1.82, 2.24) is 15.3 Å². The minimum absolute atomic E-state index is 0.0237. The highest BCUT2D eigenvalue weighted by Gasteiger charge is 2.17. The molecule has 0 aliphatic carbocycles. The number of hydrogen-bond donors (Lipinski definition) is 2. The number of hydrogen-bond acceptors (Lipinski definition) is 6. The quantitative estimate of drug-likeness (QED) is 0.836. The van der Waals surface area contributed by atoms with Gasteiger partial charge in [-0.3, -0.25) is 0 Å². The van der Waals surface area contributed by atoms with E-state index in [1.165, 1.54) is 0 Å². The summed E-state index contributed by atoms with van der Waals surface area (Å²) < 4.78 is 10.4. The summed E-state index contributed by atoms with van der Waals surface area (Å²) >= 11 is 0. The number of nitrogens with zero attached hydrogens (tertiary/aromatic N) is 2. The third kappa shape index (κ3) is 6.60. The predicted octanol–water partition coefficient (Wildman–Crippen LogP) is 2.30. The lowest BCUT2D eigenvalue weighted by molar-refractivity contribution is 0.0506. The van der Waals surface area contributed by atoms with Crippen molar-refractivity contribution < 1.29 is 14.3 Å². The van der Waals surface area contributed by atoms with E-state index in [1.807, 2.05) is 27.7 Å². The van der Waals surface area contributed by atoms with Gasteiger partial charge in [0.1, 0.15) is 5.60 Å². The lowest BCUT2D eigenvalue weighted by Gasteiger charge is -2.22. The molecule has 1 aromatic heterocycles. The number of aromatic nitrogens is 2. The number of nitrogens with one attached hydrogen (secondary N) is 1. The molecule has 0 fully saturated rings. The molecular formula is C15H26N4O3. The van der Waals surface area contributed by atoms with Gasteiger partial charge in [-0.25, -0.2) is 9.78 Å². The summed E-state index contributed by atoms with van der Waals surface area (Å²) in [5.41, 5.74) is 5.94. The molecule has 1 rings (SSSR count). The Bertz CT molecular complexity index is 500. The molecule has 0 bridgehead atoms. The van der Waals surface area contributed by atoms with Crippen LogP contribution >= 0.6 is 0 Å². The van der Waals surface area contributed by atoms with E-state index in [-0.39, 0.29) is 12.0 Å². The molecule has 0 unspecified atom stereocenters. The van der Waals surface area contributed by atoms with Gasteiger partial charge in [0.25, 0.3) is 0 Å². The Morgan fingerprint density at radius 3 is 2.73 bits per heavy atom. The van der Waals surface area contributed by atoms with Crippen LogP contribution in [0.3, 0.4) is 0 Å². The average molecular weight is 310 g/mol. The monoisotopic (exact) mass is 310 g/mol. The van der Waals surface area contributed by atoms with Crippen LogP contribution < -0.4 is 15.8 Å². The van der Waals surface area contributed by atoms with Crippen LogP contribution in [0.15, 0.2) is 6.20 Å². The second kappa shape index (κ2) is 7.82. The van der Waals surface area contributed by atoms with Gasteiger partial charge in [-0.05, 0) is 47.0 Å². The van der Waals surface area contributed by atoms with E-state index in [4.69, 9.17) is 15.2 Å². The van der Waals surface area contributed by atoms with E-state index in [0.717, 1.165) is 24.8 Å². The average Bonchev–Trinajstić information content (AvgIpc) is 2.37. The van der Waals surface area contributed by atoms with Crippen molar-refractivity contribution in [1.29, 1.82) is 0 Å². The number of nitrogen functional groups attached to an aromatic ring is 1. The zero-order valence-electron chi connectivity index (χ0n) is 14.0. The lowest BCUT2D eigenvalue weighted by atomic mass is 10.1. The molecule has 0 aromatic carbocycles. The van der Waals surface area contributed by atoms with Crippen LogP contribution in [0.5, 0.6) is 5.88 Å². The Kier molecular flexibility index (Phi) is 6.39. The topological polar surface area (TPSA) is 99.4 Å². The third-order valence-corrected chi connectivity index (χ3v) is 2.88. The van der Waals surface area contributed by atoms with Crippen molar-refractivity contribution in [3.63, 3.8) is 0 Å². The second-order valence-electron chi connectivity index (χ2n) is 6.20. The molecule has 0 radical (unpaired) electrons. The fourth-order valence-corrected chi connectivity index (χ4v) is 1.93. The number of anilines is 1.